The van der Waals surface area contributed by atoms with Gasteiger partial charge in [-0.25, -0.2) is 9.59 Å². The Labute approximate surface area is 114 Å². The van der Waals surface area contributed by atoms with E-state index in [0.29, 0.717) is 12.6 Å². The van der Waals surface area contributed by atoms with E-state index >= 15 is 0 Å². The molecule has 110 valence electrons. The molecular formula is C13H25N3O3. The second-order valence-electron chi connectivity index (χ2n) is 5.66. The Morgan fingerprint density at radius 3 is 2.32 bits per heavy atom. The number of carbonyl (C=O) groups is 2. The fraction of sp³-hybridized carbons (Fsp3) is 0.846. The zero-order valence-corrected chi connectivity index (χ0v) is 12.1. The van der Waals surface area contributed by atoms with E-state index in [0.717, 1.165) is 0 Å². The summed E-state index contributed by atoms with van der Waals surface area (Å²) in [6.45, 7) is 6.10. The van der Waals surface area contributed by atoms with Crippen molar-refractivity contribution in [1.82, 2.24) is 15.5 Å². The maximum absolute atomic E-state index is 11.7. The van der Waals surface area contributed by atoms with Gasteiger partial charge < -0.3 is 15.7 Å². The molecule has 0 radical (unpaired) electrons. The largest absolute Gasteiger partial charge is 0.480 e. The Hall–Kier alpha value is -1.30. The van der Waals surface area contributed by atoms with Crippen LogP contribution in [0.3, 0.4) is 0 Å². The molecule has 6 nitrogen and oxygen atoms in total. The molecule has 0 bridgehead atoms. The predicted molar refractivity (Wildman–Crippen MR) is 73.0 cm³/mol. The van der Waals surface area contributed by atoms with E-state index in [9.17, 15) is 9.59 Å². The Kier molecular flexibility index (Phi) is 5.60. The molecule has 2 unspecified atom stereocenters. The molecule has 0 aromatic rings. The van der Waals surface area contributed by atoms with Gasteiger partial charge in [-0.3, -0.25) is 4.90 Å². The van der Waals surface area contributed by atoms with E-state index in [-0.39, 0.29) is 12.0 Å². The zero-order chi connectivity index (χ0) is 14.6. The lowest BCUT2D eigenvalue weighted by atomic mass is 10.1. The molecule has 0 heterocycles. The summed E-state index contributed by atoms with van der Waals surface area (Å²) in [7, 11) is 2.05. The van der Waals surface area contributed by atoms with Crippen molar-refractivity contribution < 1.29 is 14.7 Å². The fourth-order valence-electron chi connectivity index (χ4n) is 1.93. The molecule has 6 heteroatoms. The highest BCUT2D eigenvalue weighted by molar-refractivity contribution is 5.82. The van der Waals surface area contributed by atoms with Crippen molar-refractivity contribution in [1.29, 1.82) is 0 Å². The van der Waals surface area contributed by atoms with Gasteiger partial charge >= 0.3 is 12.0 Å². The molecule has 2 amide bonds. The van der Waals surface area contributed by atoms with E-state index < -0.39 is 18.0 Å². The van der Waals surface area contributed by atoms with Gasteiger partial charge in [0.15, 0.2) is 0 Å². The summed E-state index contributed by atoms with van der Waals surface area (Å²) < 4.78 is 0. The van der Waals surface area contributed by atoms with Crippen molar-refractivity contribution in [2.45, 2.75) is 51.7 Å². The molecule has 0 aliphatic heterocycles. The third-order valence-electron chi connectivity index (χ3n) is 3.60. The standard InChI is InChI=1S/C13H25N3O3/c1-8(2)11(12(17)18)15-13(19)14-7-9(3)16(4)10-5-6-10/h8-11H,5-7H2,1-4H3,(H,17,18)(H2,14,15,19). The van der Waals surface area contributed by atoms with Gasteiger partial charge in [0.25, 0.3) is 0 Å². The number of rotatable bonds is 7. The summed E-state index contributed by atoms with van der Waals surface area (Å²) in [6, 6.07) is -0.378. The molecule has 19 heavy (non-hydrogen) atoms. The van der Waals surface area contributed by atoms with Crippen LogP contribution in [-0.4, -0.2) is 53.7 Å². The lowest BCUT2D eigenvalue weighted by Crippen LogP contribution is -2.51. The minimum absolute atomic E-state index is 0.144. The predicted octanol–water partition coefficient (Wildman–Crippen LogP) is 0.877. The Morgan fingerprint density at radius 1 is 1.32 bits per heavy atom. The molecular weight excluding hydrogens is 246 g/mol. The molecule has 2 atom stereocenters. The molecule has 0 saturated heterocycles. The van der Waals surface area contributed by atoms with E-state index in [2.05, 4.69) is 29.5 Å². The second-order valence-corrected chi connectivity index (χ2v) is 5.66. The van der Waals surface area contributed by atoms with Gasteiger partial charge in [0, 0.05) is 18.6 Å². The Balaban J connectivity index is 2.31. The SMILES string of the molecule is CC(C)C(NC(=O)NCC(C)N(C)C1CC1)C(=O)O. The molecule has 0 aromatic heterocycles. The van der Waals surface area contributed by atoms with Crippen LogP contribution in [0.2, 0.25) is 0 Å². The first-order valence-electron chi connectivity index (χ1n) is 6.82. The van der Waals surface area contributed by atoms with Crippen LogP contribution in [0, 0.1) is 5.92 Å². The molecule has 1 saturated carbocycles. The third-order valence-corrected chi connectivity index (χ3v) is 3.60. The number of urea groups is 1. The van der Waals surface area contributed by atoms with Crippen molar-refractivity contribution in [3.8, 4) is 0 Å². The number of carbonyl (C=O) groups excluding carboxylic acids is 1. The number of carboxylic acids is 1. The average molecular weight is 271 g/mol. The number of aliphatic carboxylic acids is 1. The summed E-state index contributed by atoms with van der Waals surface area (Å²) >= 11 is 0. The summed E-state index contributed by atoms with van der Waals surface area (Å²) in [4.78, 5) is 24.9. The van der Waals surface area contributed by atoms with Crippen molar-refractivity contribution in [2.75, 3.05) is 13.6 Å². The van der Waals surface area contributed by atoms with Crippen LogP contribution >= 0.6 is 0 Å². The number of carboxylic acid groups (broad SMARTS) is 1. The van der Waals surface area contributed by atoms with Crippen LogP contribution in [-0.2, 0) is 4.79 Å². The summed E-state index contributed by atoms with van der Waals surface area (Å²) in [5, 5.41) is 14.2. The van der Waals surface area contributed by atoms with Gasteiger partial charge in [0.05, 0.1) is 0 Å². The van der Waals surface area contributed by atoms with Crippen LogP contribution in [0.25, 0.3) is 0 Å². The minimum atomic E-state index is -1.01. The average Bonchev–Trinajstić information content (AvgIpc) is 3.15. The van der Waals surface area contributed by atoms with Gasteiger partial charge in [-0.2, -0.15) is 0 Å². The van der Waals surface area contributed by atoms with Crippen LogP contribution in [0.15, 0.2) is 0 Å². The van der Waals surface area contributed by atoms with Gasteiger partial charge in [0.1, 0.15) is 6.04 Å². The van der Waals surface area contributed by atoms with Gasteiger partial charge in [-0.15, -0.1) is 0 Å². The Bertz CT molecular complexity index is 329. The normalized spacial score (nSPS) is 18.2. The van der Waals surface area contributed by atoms with Crippen molar-refractivity contribution in [3.05, 3.63) is 0 Å². The first kappa shape index (κ1) is 15.8. The van der Waals surface area contributed by atoms with Crippen LogP contribution in [0.1, 0.15) is 33.6 Å². The van der Waals surface area contributed by atoms with Gasteiger partial charge in [-0.1, -0.05) is 13.8 Å². The van der Waals surface area contributed by atoms with Crippen LogP contribution in [0.4, 0.5) is 4.79 Å². The second kappa shape index (κ2) is 6.75. The number of nitrogens with one attached hydrogen (secondary N) is 2. The zero-order valence-electron chi connectivity index (χ0n) is 12.1. The van der Waals surface area contributed by atoms with Gasteiger partial charge in [-0.05, 0) is 32.7 Å². The van der Waals surface area contributed by atoms with Crippen molar-refractivity contribution >= 4 is 12.0 Å². The Morgan fingerprint density at radius 2 is 1.89 bits per heavy atom. The summed E-state index contributed by atoms with van der Waals surface area (Å²) in [5.74, 6) is -1.15. The van der Waals surface area contributed by atoms with Crippen LogP contribution < -0.4 is 10.6 Å². The molecule has 1 aliphatic carbocycles. The van der Waals surface area contributed by atoms with E-state index in [1.54, 1.807) is 13.8 Å². The first-order valence-corrected chi connectivity index (χ1v) is 6.82. The quantitative estimate of drug-likeness (QED) is 0.642. The summed E-state index contributed by atoms with van der Waals surface area (Å²) in [5.41, 5.74) is 0. The molecule has 0 aromatic carbocycles. The number of hydrogen-bond donors (Lipinski definition) is 3. The maximum atomic E-state index is 11.7. The van der Waals surface area contributed by atoms with Crippen LogP contribution in [0.5, 0.6) is 0 Å². The smallest absolute Gasteiger partial charge is 0.326 e. The first-order chi connectivity index (χ1) is 8.82. The molecule has 1 rings (SSSR count). The number of amides is 2. The highest BCUT2D eigenvalue weighted by Gasteiger charge is 2.29. The molecule has 0 spiro atoms. The van der Waals surface area contributed by atoms with Crippen molar-refractivity contribution in [3.63, 3.8) is 0 Å². The van der Waals surface area contributed by atoms with Crippen molar-refractivity contribution in [2.24, 2.45) is 5.92 Å². The number of likely N-dealkylation sites (N-methyl/N-ethyl adjacent to an activating group) is 1. The van der Waals surface area contributed by atoms with E-state index in [4.69, 9.17) is 5.11 Å². The maximum Gasteiger partial charge on any atom is 0.326 e. The fourth-order valence-corrected chi connectivity index (χ4v) is 1.93. The lowest BCUT2D eigenvalue weighted by molar-refractivity contribution is -0.140. The lowest BCUT2D eigenvalue weighted by Gasteiger charge is -2.25. The topological polar surface area (TPSA) is 81.7 Å². The highest BCUT2D eigenvalue weighted by atomic mass is 16.4. The minimum Gasteiger partial charge on any atom is -0.480 e. The number of nitrogens with zero attached hydrogens (tertiary/aromatic N) is 1. The van der Waals surface area contributed by atoms with E-state index in [1.165, 1.54) is 12.8 Å². The molecule has 3 N–H and O–H groups in total. The van der Waals surface area contributed by atoms with E-state index in [1.807, 2.05) is 0 Å². The third kappa shape index (κ3) is 5.06. The molecule has 1 fully saturated rings. The highest BCUT2D eigenvalue weighted by Crippen LogP contribution is 2.26. The van der Waals surface area contributed by atoms with Gasteiger partial charge in [0.2, 0.25) is 0 Å². The summed E-state index contributed by atoms with van der Waals surface area (Å²) in [6.07, 6.45) is 2.45. The monoisotopic (exact) mass is 271 g/mol. The molecule has 1 aliphatic rings. The number of hydrogen-bond acceptors (Lipinski definition) is 3.